The first-order valence-corrected chi connectivity index (χ1v) is 18.9. The summed E-state index contributed by atoms with van der Waals surface area (Å²) in [6, 6.07) is 68.0. The molecule has 2 aliphatic carbocycles. The van der Waals surface area contributed by atoms with E-state index in [2.05, 4.69) is 152 Å². The summed E-state index contributed by atoms with van der Waals surface area (Å²) in [7, 11) is 0. The SMILES string of the molecule is c1ccc(-c2nc(-c3ccccc3)nc(-c3ccc4c(c3)-c3ccccc3C43c4ccccc4-c4cc5c6ccccc6c6ccccc6c5cc43)n2)cc1. The van der Waals surface area contributed by atoms with E-state index in [0.29, 0.717) is 17.5 Å². The minimum absolute atomic E-state index is 0.485. The molecule has 9 aromatic carbocycles. The number of rotatable bonds is 3. The zero-order valence-electron chi connectivity index (χ0n) is 29.7. The predicted octanol–water partition coefficient (Wildman–Crippen LogP) is 12.7. The van der Waals surface area contributed by atoms with Crippen molar-refractivity contribution in [1.82, 2.24) is 15.0 Å². The van der Waals surface area contributed by atoms with E-state index >= 15 is 0 Å². The summed E-state index contributed by atoms with van der Waals surface area (Å²) < 4.78 is 0. The minimum atomic E-state index is -0.485. The zero-order chi connectivity index (χ0) is 36.1. The Morgan fingerprint density at radius 1 is 0.255 bits per heavy atom. The molecule has 0 saturated carbocycles. The molecule has 55 heavy (non-hydrogen) atoms. The summed E-state index contributed by atoms with van der Waals surface area (Å²) in [4.78, 5) is 15.2. The molecule has 3 heteroatoms. The van der Waals surface area contributed by atoms with Crippen LogP contribution in [0.15, 0.2) is 188 Å². The van der Waals surface area contributed by atoms with Crippen LogP contribution in [0.2, 0.25) is 0 Å². The molecule has 0 saturated heterocycles. The fourth-order valence-electron chi connectivity index (χ4n) is 9.62. The van der Waals surface area contributed by atoms with E-state index < -0.39 is 5.41 Å². The minimum Gasteiger partial charge on any atom is -0.208 e. The van der Waals surface area contributed by atoms with Gasteiger partial charge in [0.05, 0.1) is 5.41 Å². The Morgan fingerprint density at radius 2 is 0.655 bits per heavy atom. The molecule has 12 rings (SSSR count). The van der Waals surface area contributed by atoms with Crippen LogP contribution in [0, 0.1) is 0 Å². The lowest BCUT2D eigenvalue weighted by molar-refractivity contribution is 0.795. The molecule has 1 atom stereocenters. The van der Waals surface area contributed by atoms with Crippen molar-refractivity contribution in [3.63, 3.8) is 0 Å². The normalized spacial score (nSPS) is 15.0. The van der Waals surface area contributed by atoms with Crippen molar-refractivity contribution in [3.8, 4) is 56.4 Å². The van der Waals surface area contributed by atoms with Gasteiger partial charge in [-0.25, -0.2) is 15.0 Å². The van der Waals surface area contributed by atoms with Gasteiger partial charge in [0.1, 0.15) is 0 Å². The number of fused-ring (bicyclic) bond motifs is 16. The molecule has 0 radical (unpaired) electrons. The van der Waals surface area contributed by atoms with Crippen LogP contribution in [0.5, 0.6) is 0 Å². The molecular weight excluding hydrogens is 667 g/mol. The smallest absolute Gasteiger partial charge is 0.164 e. The maximum atomic E-state index is 5.11. The highest BCUT2D eigenvalue weighted by atomic mass is 15.0. The third-order valence-corrected chi connectivity index (χ3v) is 11.9. The summed E-state index contributed by atoms with van der Waals surface area (Å²) in [6.45, 7) is 0. The standard InChI is InChI=1S/C52H31N3/c1-3-15-32(16-4-1)49-53-50(33-17-5-2-6-18-33)55-51(54-49)34-27-28-47-43(29-34)39-23-11-13-25-45(39)52(47)46-26-14-12-24-40(46)44-30-41-37-21-9-7-19-35(37)36-20-8-10-22-38(36)42(41)31-48(44)52/h1-31H. The van der Waals surface area contributed by atoms with E-state index in [1.807, 2.05) is 36.4 Å². The van der Waals surface area contributed by atoms with Gasteiger partial charge < -0.3 is 0 Å². The predicted molar refractivity (Wildman–Crippen MR) is 225 cm³/mol. The molecule has 1 spiro atoms. The van der Waals surface area contributed by atoms with Crippen molar-refractivity contribution in [1.29, 1.82) is 0 Å². The van der Waals surface area contributed by atoms with Crippen LogP contribution in [-0.4, -0.2) is 15.0 Å². The molecule has 1 unspecified atom stereocenters. The average molecular weight is 698 g/mol. The highest BCUT2D eigenvalue weighted by molar-refractivity contribution is 6.26. The van der Waals surface area contributed by atoms with E-state index in [1.165, 1.54) is 76.8 Å². The van der Waals surface area contributed by atoms with Gasteiger partial charge in [0.25, 0.3) is 0 Å². The molecule has 10 aromatic rings. The largest absolute Gasteiger partial charge is 0.208 e. The first-order chi connectivity index (χ1) is 27.3. The van der Waals surface area contributed by atoms with Gasteiger partial charge in [-0.2, -0.15) is 0 Å². The molecule has 0 bridgehead atoms. The van der Waals surface area contributed by atoms with E-state index in [9.17, 15) is 0 Å². The summed E-state index contributed by atoms with van der Waals surface area (Å²) in [5, 5.41) is 7.73. The van der Waals surface area contributed by atoms with Gasteiger partial charge in [-0.1, -0.05) is 170 Å². The van der Waals surface area contributed by atoms with Crippen LogP contribution < -0.4 is 0 Å². The Morgan fingerprint density at radius 3 is 1.20 bits per heavy atom. The quantitative estimate of drug-likeness (QED) is 0.173. The van der Waals surface area contributed by atoms with Gasteiger partial charge in [0.2, 0.25) is 0 Å². The lowest BCUT2D eigenvalue weighted by Crippen LogP contribution is -2.25. The second-order valence-corrected chi connectivity index (χ2v) is 14.7. The number of hydrogen-bond donors (Lipinski definition) is 0. The van der Waals surface area contributed by atoms with Gasteiger partial charge in [-0.05, 0) is 95.0 Å². The molecule has 254 valence electrons. The molecule has 0 fully saturated rings. The van der Waals surface area contributed by atoms with Gasteiger partial charge in [-0.3, -0.25) is 0 Å². The summed E-state index contributed by atoms with van der Waals surface area (Å²) in [6.07, 6.45) is 0. The molecular formula is C52H31N3. The molecule has 0 amide bonds. The monoisotopic (exact) mass is 697 g/mol. The third-order valence-electron chi connectivity index (χ3n) is 11.9. The van der Waals surface area contributed by atoms with Crippen molar-refractivity contribution in [3.05, 3.63) is 210 Å². The highest BCUT2D eigenvalue weighted by Gasteiger charge is 2.51. The van der Waals surface area contributed by atoms with Crippen molar-refractivity contribution >= 4 is 32.3 Å². The number of hydrogen-bond acceptors (Lipinski definition) is 3. The van der Waals surface area contributed by atoms with Crippen molar-refractivity contribution in [2.24, 2.45) is 0 Å². The zero-order valence-corrected chi connectivity index (χ0v) is 29.7. The summed E-state index contributed by atoms with van der Waals surface area (Å²) in [5.41, 5.74) is 12.7. The van der Waals surface area contributed by atoms with E-state index in [1.54, 1.807) is 0 Å². The maximum Gasteiger partial charge on any atom is 0.164 e. The van der Waals surface area contributed by atoms with Crippen LogP contribution in [0.3, 0.4) is 0 Å². The molecule has 1 aromatic heterocycles. The number of aromatic nitrogens is 3. The second kappa shape index (κ2) is 11.4. The summed E-state index contributed by atoms with van der Waals surface area (Å²) >= 11 is 0. The van der Waals surface area contributed by atoms with Gasteiger partial charge in [0.15, 0.2) is 17.5 Å². The van der Waals surface area contributed by atoms with Crippen LogP contribution >= 0.6 is 0 Å². The molecule has 3 nitrogen and oxygen atoms in total. The lowest BCUT2D eigenvalue weighted by atomic mass is 9.70. The van der Waals surface area contributed by atoms with Gasteiger partial charge in [-0.15, -0.1) is 0 Å². The Kier molecular flexibility index (Phi) is 6.26. The molecule has 0 aliphatic heterocycles. The second-order valence-electron chi connectivity index (χ2n) is 14.7. The van der Waals surface area contributed by atoms with Crippen molar-refractivity contribution in [2.45, 2.75) is 5.41 Å². The van der Waals surface area contributed by atoms with Crippen molar-refractivity contribution < 1.29 is 0 Å². The first-order valence-electron chi connectivity index (χ1n) is 18.9. The molecule has 2 aliphatic rings. The Labute approximate surface area is 318 Å². The molecule has 1 heterocycles. The van der Waals surface area contributed by atoms with E-state index in [-0.39, 0.29) is 0 Å². The Bertz CT molecular complexity index is 3150. The topological polar surface area (TPSA) is 38.7 Å². The highest BCUT2D eigenvalue weighted by Crippen LogP contribution is 2.63. The lowest BCUT2D eigenvalue weighted by Gasteiger charge is -2.30. The number of nitrogens with zero attached hydrogens (tertiary/aromatic N) is 3. The van der Waals surface area contributed by atoms with Crippen LogP contribution in [-0.2, 0) is 5.41 Å². The Hall–Kier alpha value is -7.23. The summed E-state index contributed by atoms with van der Waals surface area (Å²) in [5.74, 6) is 1.98. The fourth-order valence-corrected chi connectivity index (χ4v) is 9.62. The maximum absolute atomic E-state index is 5.11. The van der Waals surface area contributed by atoms with Crippen LogP contribution in [0.4, 0.5) is 0 Å². The van der Waals surface area contributed by atoms with Crippen LogP contribution in [0.25, 0.3) is 88.7 Å². The van der Waals surface area contributed by atoms with E-state index in [4.69, 9.17) is 15.0 Å². The van der Waals surface area contributed by atoms with E-state index in [0.717, 1.165) is 16.7 Å². The van der Waals surface area contributed by atoms with Gasteiger partial charge in [0, 0.05) is 16.7 Å². The molecule has 0 N–H and O–H groups in total. The fraction of sp³-hybridized carbons (Fsp3) is 0.0192. The van der Waals surface area contributed by atoms with Crippen molar-refractivity contribution in [2.75, 3.05) is 0 Å². The first kappa shape index (κ1) is 30.3. The Balaban J connectivity index is 1.14. The van der Waals surface area contributed by atoms with Gasteiger partial charge >= 0.3 is 0 Å². The van der Waals surface area contributed by atoms with Crippen LogP contribution in [0.1, 0.15) is 22.3 Å². The number of benzene rings is 9. The third kappa shape index (κ3) is 4.18. The average Bonchev–Trinajstić information content (AvgIpc) is 3.73.